The third-order valence-corrected chi connectivity index (χ3v) is 14.5. The Hall–Kier alpha value is -7.95. The maximum Gasteiger partial charge on any atom is 0.265 e. The van der Waals surface area contributed by atoms with Crippen molar-refractivity contribution in [3.05, 3.63) is 156 Å². The van der Waals surface area contributed by atoms with Gasteiger partial charge in [-0.15, -0.1) is 34.0 Å². The Balaban J connectivity index is 0.000000168. The summed E-state index contributed by atoms with van der Waals surface area (Å²) in [5.74, 6) is 1.36. The minimum atomic E-state index is -0.135. The van der Waals surface area contributed by atoms with Gasteiger partial charge < -0.3 is 36.0 Å². The molecule has 5 N–H and O–H groups in total. The molecular weight excluding hydrogens is 1030 g/mol. The van der Waals surface area contributed by atoms with Crippen LogP contribution in [0.3, 0.4) is 0 Å². The molecule has 0 atom stereocenters. The molecule has 0 aliphatic carbocycles. The SMILES string of the molecule is CNC(=O)c1sc(-c2ccnc(Nc3cc(C)cc(C)c3)n2)nc1C.Cc1cc(C)cc(Nc2nccc(-c3nc(C)c(C(=O)N(C)C)s3)n2)c1.Cc1cc(C)cc(Nc2nccc(-c3nc(C)c(COCCO)s3)n2)c1. The van der Waals surface area contributed by atoms with Crippen molar-refractivity contribution in [3.63, 3.8) is 0 Å². The summed E-state index contributed by atoms with van der Waals surface area (Å²) >= 11 is 4.22. The fourth-order valence-electron chi connectivity index (χ4n) is 7.78. The van der Waals surface area contributed by atoms with Crippen molar-refractivity contribution in [1.82, 2.24) is 55.1 Å². The predicted octanol–water partition coefficient (Wildman–Crippen LogP) is 11.4. The topological polar surface area (TPSA) is 231 Å². The van der Waals surface area contributed by atoms with E-state index in [4.69, 9.17) is 9.84 Å². The van der Waals surface area contributed by atoms with Crippen LogP contribution in [-0.4, -0.2) is 101 Å². The summed E-state index contributed by atoms with van der Waals surface area (Å²) in [7, 11) is 5.08. The molecule has 2 amide bonds. The third-order valence-electron chi connectivity index (χ3n) is 11.0. The molecule has 0 radical (unpaired) electrons. The molecule has 21 heteroatoms. The van der Waals surface area contributed by atoms with Gasteiger partial charge in [0, 0.05) is 56.8 Å². The molecule has 9 rings (SSSR count). The van der Waals surface area contributed by atoms with Gasteiger partial charge in [-0.05, 0) is 150 Å². The minimum Gasteiger partial charge on any atom is -0.394 e. The van der Waals surface area contributed by atoms with Gasteiger partial charge in [0.05, 0.1) is 41.8 Å². The van der Waals surface area contributed by atoms with E-state index in [-0.39, 0.29) is 18.4 Å². The van der Waals surface area contributed by atoms with Gasteiger partial charge in [-0.3, -0.25) is 9.59 Å². The van der Waals surface area contributed by atoms with Gasteiger partial charge in [-0.1, -0.05) is 18.2 Å². The number of anilines is 6. The second-order valence-corrected chi connectivity index (χ2v) is 21.3. The van der Waals surface area contributed by atoms with Crippen molar-refractivity contribution in [2.75, 3.05) is 50.3 Å². The molecule has 3 aromatic carbocycles. The first-order valence-electron chi connectivity index (χ1n) is 24.4. The van der Waals surface area contributed by atoms with Gasteiger partial charge in [0.15, 0.2) is 0 Å². The van der Waals surface area contributed by atoms with Crippen LogP contribution in [0.2, 0.25) is 0 Å². The first-order chi connectivity index (χ1) is 36.8. The molecule has 0 saturated heterocycles. The Bertz CT molecular complexity index is 3460. The van der Waals surface area contributed by atoms with Gasteiger partial charge in [0.25, 0.3) is 11.8 Å². The molecule has 0 aliphatic heterocycles. The highest BCUT2D eigenvalue weighted by Gasteiger charge is 2.20. The smallest absolute Gasteiger partial charge is 0.265 e. The highest BCUT2D eigenvalue weighted by molar-refractivity contribution is 7.17. The Morgan fingerprint density at radius 3 is 1.26 bits per heavy atom. The zero-order valence-electron chi connectivity index (χ0n) is 45.2. The van der Waals surface area contributed by atoms with Crippen molar-refractivity contribution >= 4 is 80.7 Å². The molecule has 0 unspecified atom stereocenters. The summed E-state index contributed by atoms with van der Waals surface area (Å²) in [6.07, 6.45) is 5.10. The molecule has 0 saturated carbocycles. The standard InChI is InChI=1S/C19H21N5OS.C19H22N4O2S.C18H19N5OS/c1-11-8-12(2)10-14(9-11)22-19-20-7-6-15(23-19)17-21-13(3)16(26-17)18(25)24(4)5;1-12-8-13(2)10-15(9-12)22-19-20-5-4-16(23-19)18-21-14(3)17(26-18)11-25-7-6-24;1-10-7-11(2)9-13(8-10)22-18-20-6-5-14(23-18)17-21-12(3)15(25-17)16(24)19-4/h6-10H,1-5H3,(H,20,22,23);4-5,8-10,24H,6-7,11H2,1-3H3,(H,20,22,23);5-9H,1-4H3,(H,19,24)(H,20,22,23). The number of nitrogens with zero attached hydrogens (tertiary/aromatic N) is 10. The highest BCUT2D eigenvalue weighted by Crippen LogP contribution is 2.31. The number of hydrogen-bond acceptors (Lipinski definition) is 19. The van der Waals surface area contributed by atoms with Crippen molar-refractivity contribution in [2.45, 2.75) is 68.9 Å². The molecule has 77 heavy (non-hydrogen) atoms. The van der Waals surface area contributed by atoms with Crippen LogP contribution in [-0.2, 0) is 11.3 Å². The lowest BCUT2D eigenvalue weighted by atomic mass is 10.1. The molecule has 6 aromatic heterocycles. The maximum absolute atomic E-state index is 12.2. The highest BCUT2D eigenvalue weighted by atomic mass is 32.1. The van der Waals surface area contributed by atoms with E-state index in [9.17, 15) is 9.59 Å². The number of amides is 2. The van der Waals surface area contributed by atoms with Crippen LogP contribution in [0.1, 0.15) is 74.7 Å². The van der Waals surface area contributed by atoms with Crippen LogP contribution in [0.15, 0.2) is 91.4 Å². The average molecular weight is 1090 g/mol. The molecule has 18 nitrogen and oxygen atoms in total. The van der Waals surface area contributed by atoms with E-state index in [2.05, 4.69) is 124 Å². The van der Waals surface area contributed by atoms with E-state index >= 15 is 0 Å². The third kappa shape index (κ3) is 15.8. The number of hydrogen-bond donors (Lipinski definition) is 5. The Morgan fingerprint density at radius 2 is 0.883 bits per heavy atom. The number of nitrogens with one attached hydrogen (secondary N) is 4. The summed E-state index contributed by atoms with van der Waals surface area (Å²) in [6, 6.07) is 24.1. The van der Waals surface area contributed by atoms with E-state index in [1.807, 2.05) is 65.0 Å². The second-order valence-electron chi connectivity index (χ2n) is 18.3. The number of benzene rings is 3. The van der Waals surface area contributed by atoms with E-state index in [0.29, 0.717) is 73.6 Å². The van der Waals surface area contributed by atoms with Crippen LogP contribution >= 0.6 is 34.0 Å². The summed E-state index contributed by atoms with van der Waals surface area (Å²) in [6.45, 7) is 18.7. The lowest BCUT2D eigenvalue weighted by Crippen LogP contribution is -2.21. The van der Waals surface area contributed by atoms with E-state index in [1.165, 1.54) is 56.1 Å². The molecule has 0 fully saturated rings. The number of aliphatic hydroxyl groups is 1. The summed E-state index contributed by atoms with van der Waals surface area (Å²) in [5.41, 5.74) is 14.4. The van der Waals surface area contributed by atoms with Gasteiger partial charge in [-0.2, -0.15) is 0 Å². The molecule has 0 spiro atoms. The fraction of sp³-hybridized carbons (Fsp3) is 0.268. The van der Waals surface area contributed by atoms with E-state index in [0.717, 1.165) is 38.3 Å². The maximum atomic E-state index is 12.2. The van der Waals surface area contributed by atoms with Gasteiger partial charge in [0.1, 0.15) is 41.9 Å². The average Bonchev–Trinajstić information content (AvgIpc) is 4.09. The molecule has 398 valence electrons. The van der Waals surface area contributed by atoms with Crippen LogP contribution in [0.25, 0.3) is 32.1 Å². The molecule has 0 bridgehead atoms. The summed E-state index contributed by atoms with van der Waals surface area (Å²) in [4.78, 5) is 68.1. The number of ether oxygens (including phenoxy) is 1. The minimum absolute atomic E-state index is 0.0179. The second kappa shape index (κ2) is 26.2. The van der Waals surface area contributed by atoms with Crippen LogP contribution in [0.5, 0.6) is 0 Å². The normalized spacial score (nSPS) is 10.7. The Kier molecular flexibility index (Phi) is 19.3. The monoisotopic (exact) mass is 1090 g/mol. The quantitative estimate of drug-likeness (QED) is 0.0601. The number of carbonyl (C=O) groups is 2. The first-order valence-corrected chi connectivity index (χ1v) is 26.9. The fourth-order valence-corrected chi connectivity index (χ4v) is 10.8. The first kappa shape index (κ1) is 56.8. The number of aliphatic hydroxyl groups excluding tert-OH is 1. The summed E-state index contributed by atoms with van der Waals surface area (Å²) in [5, 5.41) is 23.4. The van der Waals surface area contributed by atoms with E-state index < -0.39 is 0 Å². The zero-order chi connectivity index (χ0) is 55.3. The van der Waals surface area contributed by atoms with Gasteiger partial charge in [0.2, 0.25) is 17.8 Å². The van der Waals surface area contributed by atoms with Crippen molar-refractivity contribution in [2.24, 2.45) is 0 Å². The van der Waals surface area contributed by atoms with Crippen LogP contribution < -0.4 is 21.3 Å². The van der Waals surface area contributed by atoms with Gasteiger partial charge in [-0.25, -0.2) is 44.9 Å². The molecule has 6 heterocycles. The van der Waals surface area contributed by atoms with E-state index in [1.54, 1.807) is 68.1 Å². The van der Waals surface area contributed by atoms with Gasteiger partial charge >= 0.3 is 0 Å². The van der Waals surface area contributed by atoms with Crippen molar-refractivity contribution < 1.29 is 19.4 Å². The van der Waals surface area contributed by atoms with Crippen molar-refractivity contribution in [1.29, 1.82) is 0 Å². The number of carbonyl (C=O) groups excluding carboxylic acids is 2. The number of thiazole rings is 3. The molecule has 9 aromatic rings. The number of aryl methyl sites for hydroxylation is 9. The lowest BCUT2D eigenvalue weighted by molar-refractivity contribution is 0.0827. The molecular formula is C56H62N14O4S3. The zero-order valence-corrected chi connectivity index (χ0v) is 47.6. The largest absolute Gasteiger partial charge is 0.394 e. The predicted molar refractivity (Wildman–Crippen MR) is 309 cm³/mol. The van der Waals surface area contributed by atoms with Crippen molar-refractivity contribution in [3.8, 4) is 32.1 Å². The number of rotatable bonds is 15. The van der Waals surface area contributed by atoms with Crippen LogP contribution in [0.4, 0.5) is 34.9 Å². The lowest BCUT2D eigenvalue weighted by Gasteiger charge is -2.08. The number of aromatic nitrogens is 9. The Morgan fingerprint density at radius 1 is 0.519 bits per heavy atom. The summed E-state index contributed by atoms with van der Waals surface area (Å²) < 4.78 is 5.40. The van der Waals surface area contributed by atoms with Crippen LogP contribution in [0, 0.1) is 62.3 Å². The Labute approximate surface area is 460 Å². The molecule has 0 aliphatic rings.